The zero-order chi connectivity index (χ0) is 13.1. The lowest BCUT2D eigenvalue weighted by atomic mass is 9.75. The molecule has 0 unspecified atom stereocenters. The van der Waals surface area contributed by atoms with Gasteiger partial charge in [-0.25, -0.2) is 4.98 Å². The highest BCUT2D eigenvalue weighted by Gasteiger charge is 2.32. The van der Waals surface area contributed by atoms with Crippen LogP contribution in [0.3, 0.4) is 0 Å². The molecule has 1 rings (SSSR count). The van der Waals surface area contributed by atoms with Crippen molar-refractivity contribution in [1.29, 1.82) is 0 Å². The van der Waals surface area contributed by atoms with E-state index in [1.807, 2.05) is 6.92 Å². The minimum atomic E-state index is -0.169. The summed E-state index contributed by atoms with van der Waals surface area (Å²) in [6.45, 7) is 12.5. The molecule has 1 aromatic rings. The van der Waals surface area contributed by atoms with Crippen LogP contribution in [0.25, 0.3) is 0 Å². The van der Waals surface area contributed by atoms with E-state index in [1.54, 1.807) is 11.3 Å². The van der Waals surface area contributed by atoms with E-state index in [0.29, 0.717) is 0 Å². The molecule has 0 saturated heterocycles. The molecular formula is C13H25N3S. The van der Waals surface area contributed by atoms with Gasteiger partial charge in [0.25, 0.3) is 0 Å². The zero-order valence-corrected chi connectivity index (χ0v) is 12.4. The molecule has 1 heterocycles. The maximum Gasteiger partial charge on any atom is 0.0940 e. The van der Waals surface area contributed by atoms with Crippen molar-refractivity contribution in [3.8, 4) is 0 Å². The van der Waals surface area contributed by atoms with E-state index in [9.17, 15) is 0 Å². The number of hydrogen-bond acceptors (Lipinski definition) is 4. The topological polar surface area (TPSA) is 50.9 Å². The van der Waals surface area contributed by atoms with Gasteiger partial charge < -0.3 is 11.1 Å². The molecule has 4 heteroatoms. The van der Waals surface area contributed by atoms with Crippen molar-refractivity contribution < 1.29 is 0 Å². The van der Waals surface area contributed by atoms with Gasteiger partial charge >= 0.3 is 0 Å². The molecule has 17 heavy (non-hydrogen) atoms. The number of nitrogens with two attached hydrogens (primary N) is 1. The second-order valence-corrected chi connectivity index (χ2v) is 6.86. The maximum absolute atomic E-state index is 6.16. The van der Waals surface area contributed by atoms with Crippen LogP contribution in [0.4, 0.5) is 0 Å². The van der Waals surface area contributed by atoms with Crippen molar-refractivity contribution in [2.24, 2.45) is 11.1 Å². The van der Waals surface area contributed by atoms with Gasteiger partial charge in [-0.2, -0.15) is 0 Å². The van der Waals surface area contributed by atoms with Crippen LogP contribution < -0.4 is 11.1 Å². The van der Waals surface area contributed by atoms with Crippen LogP contribution in [0.5, 0.6) is 0 Å². The molecule has 3 nitrogen and oxygen atoms in total. The lowest BCUT2D eigenvalue weighted by Gasteiger charge is -2.38. The van der Waals surface area contributed by atoms with Gasteiger partial charge in [0.15, 0.2) is 0 Å². The highest BCUT2D eigenvalue weighted by atomic mass is 32.1. The molecule has 0 aliphatic heterocycles. The van der Waals surface area contributed by atoms with Gasteiger partial charge in [-0.1, -0.05) is 13.8 Å². The van der Waals surface area contributed by atoms with Gasteiger partial charge in [-0.3, -0.25) is 0 Å². The fourth-order valence-corrected chi connectivity index (χ4v) is 2.12. The first kappa shape index (κ1) is 14.6. The Kier molecular flexibility index (Phi) is 4.69. The predicted molar refractivity (Wildman–Crippen MR) is 75.5 cm³/mol. The van der Waals surface area contributed by atoms with Crippen LogP contribution in [0.1, 0.15) is 38.4 Å². The molecule has 0 spiro atoms. The Morgan fingerprint density at radius 2 is 2.00 bits per heavy atom. The van der Waals surface area contributed by atoms with E-state index in [-0.39, 0.29) is 11.0 Å². The number of hydrogen-bond donors (Lipinski definition) is 2. The maximum atomic E-state index is 6.16. The lowest BCUT2D eigenvalue weighted by molar-refractivity contribution is 0.196. The quantitative estimate of drug-likeness (QED) is 0.767. The average Bonchev–Trinajstić information content (AvgIpc) is 2.57. The predicted octanol–water partition coefficient (Wildman–Crippen LogP) is 2.35. The van der Waals surface area contributed by atoms with Crippen LogP contribution >= 0.6 is 11.3 Å². The van der Waals surface area contributed by atoms with Crippen molar-refractivity contribution >= 4 is 11.3 Å². The summed E-state index contributed by atoms with van der Waals surface area (Å²) < 4.78 is 0. The third-order valence-electron chi connectivity index (χ3n) is 3.49. The molecule has 0 aromatic carbocycles. The van der Waals surface area contributed by atoms with Crippen LogP contribution in [0.15, 0.2) is 5.38 Å². The first-order valence-electron chi connectivity index (χ1n) is 6.13. The number of nitrogens with zero attached hydrogens (tertiary/aromatic N) is 1. The highest BCUT2D eigenvalue weighted by molar-refractivity contribution is 7.09. The average molecular weight is 255 g/mol. The summed E-state index contributed by atoms with van der Waals surface area (Å²) in [6, 6.07) is 0. The van der Waals surface area contributed by atoms with Crippen molar-refractivity contribution in [2.45, 2.75) is 46.6 Å². The standard InChI is InChI=1S/C13H25N3S/c1-10-8-17-11(16-10)6-7-15-9-12(2,3)13(4,5)14/h8,15H,6-7,9,14H2,1-5H3. The molecule has 3 N–H and O–H groups in total. The molecule has 0 atom stereocenters. The minimum absolute atomic E-state index is 0.0891. The summed E-state index contributed by atoms with van der Waals surface area (Å²) >= 11 is 1.74. The first-order chi connectivity index (χ1) is 7.72. The Morgan fingerprint density at radius 3 is 2.47 bits per heavy atom. The van der Waals surface area contributed by atoms with Crippen molar-refractivity contribution in [1.82, 2.24) is 10.3 Å². The van der Waals surface area contributed by atoms with E-state index in [4.69, 9.17) is 5.73 Å². The number of aryl methyl sites for hydroxylation is 1. The molecule has 0 saturated carbocycles. The van der Waals surface area contributed by atoms with Crippen LogP contribution in [0, 0.1) is 12.3 Å². The van der Waals surface area contributed by atoms with E-state index >= 15 is 0 Å². The Bertz CT molecular complexity index is 350. The molecular weight excluding hydrogens is 230 g/mol. The number of aromatic nitrogens is 1. The van der Waals surface area contributed by atoms with Gasteiger partial charge in [-0.15, -0.1) is 11.3 Å². The molecule has 1 aromatic heterocycles. The summed E-state index contributed by atoms with van der Waals surface area (Å²) in [5.41, 5.74) is 7.20. The SMILES string of the molecule is Cc1csc(CCNCC(C)(C)C(C)(C)N)n1. The minimum Gasteiger partial charge on any atom is -0.325 e. The summed E-state index contributed by atoms with van der Waals surface area (Å²) in [4.78, 5) is 4.45. The second-order valence-electron chi connectivity index (χ2n) is 5.91. The zero-order valence-electron chi connectivity index (χ0n) is 11.6. The molecule has 0 aliphatic rings. The summed E-state index contributed by atoms with van der Waals surface area (Å²) in [7, 11) is 0. The Morgan fingerprint density at radius 1 is 1.35 bits per heavy atom. The van der Waals surface area contributed by atoms with E-state index < -0.39 is 0 Å². The van der Waals surface area contributed by atoms with E-state index in [1.165, 1.54) is 5.01 Å². The summed E-state index contributed by atoms with van der Waals surface area (Å²) in [5.74, 6) is 0. The molecule has 0 bridgehead atoms. The fourth-order valence-electron chi connectivity index (χ4n) is 1.34. The summed E-state index contributed by atoms with van der Waals surface area (Å²) in [6.07, 6.45) is 1.000. The summed E-state index contributed by atoms with van der Waals surface area (Å²) in [5, 5.41) is 6.78. The Balaban J connectivity index is 2.29. The fraction of sp³-hybridized carbons (Fsp3) is 0.769. The van der Waals surface area contributed by atoms with Gasteiger partial charge in [0.1, 0.15) is 0 Å². The van der Waals surface area contributed by atoms with Crippen LogP contribution in [-0.4, -0.2) is 23.6 Å². The number of thiazole rings is 1. The normalized spacial score (nSPS) is 13.1. The van der Waals surface area contributed by atoms with Crippen molar-refractivity contribution in [3.05, 3.63) is 16.1 Å². The molecule has 0 fully saturated rings. The van der Waals surface area contributed by atoms with Crippen LogP contribution in [-0.2, 0) is 6.42 Å². The van der Waals surface area contributed by atoms with E-state index in [0.717, 1.165) is 25.2 Å². The van der Waals surface area contributed by atoms with E-state index in [2.05, 4.69) is 43.4 Å². The third-order valence-corrected chi connectivity index (χ3v) is 4.52. The molecule has 0 radical (unpaired) electrons. The highest BCUT2D eigenvalue weighted by Crippen LogP contribution is 2.26. The van der Waals surface area contributed by atoms with Crippen LogP contribution in [0.2, 0.25) is 0 Å². The van der Waals surface area contributed by atoms with Gasteiger partial charge in [-0.05, 0) is 26.2 Å². The van der Waals surface area contributed by atoms with Crippen molar-refractivity contribution in [2.75, 3.05) is 13.1 Å². The van der Waals surface area contributed by atoms with Gasteiger partial charge in [0.2, 0.25) is 0 Å². The van der Waals surface area contributed by atoms with Gasteiger partial charge in [0.05, 0.1) is 5.01 Å². The molecule has 0 amide bonds. The Hall–Kier alpha value is -0.450. The third kappa shape index (κ3) is 4.37. The Labute approximate surface area is 109 Å². The van der Waals surface area contributed by atoms with Gasteiger partial charge in [0, 0.05) is 36.1 Å². The first-order valence-corrected chi connectivity index (χ1v) is 7.01. The monoisotopic (exact) mass is 255 g/mol. The number of rotatable bonds is 6. The van der Waals surface area contributed by atoms with Crippen molar-refractivity contribution in [3.63, 3.8) is 0 Å². The smallest absolute Gasteiger partial charge is 0.0940 e. The molecule has 0 aliphatic carbocycles. The second kappa shape index (κ2) is 5.46. The number of nitrogens with one attached hydrogen (secondary N) is 1. The molecule has 98 valence electrons. The lowest BCUT2D eigenvalue weighted by Crippen LogP contribution is -2.52. The largest absolute Gasteiger partial charge is 0.325 e.